The summed E-state index contributed by atoms with van der Waals surface area (Å²) >= 11 is 0. The molecule has 2 heterocycles. The summed E-state index contributed by atoms with van der Waals surface area (Å²) in [6, 6.07) is 1.79. The lowest BCUT2D eigenvalue weighted by atomic mass is 10.4. The Labute approximate surface area is 85.7 Å². The van der Waals surface area contributed by atoms with Crippen LogP contribution in [0.25, 0.3) is 17.1 Å². The molecule has 0 aliphatic carbocycles. The van der Waals surface area contributed by atoms with Gasteiger partial charge in [0.25, 0.3) is 0 Å². The summed E-state index contributed by atoms with van der Waals surface area (Å²) < 4.78 is 1.79. The van der Waals surface area contributed by atoms with Gasteiger partial charge in [0.1, 0.15) is 5.82 Å². The molecule has 0 fully saturated rings. The second-order valence-corrected chi connectivity index (χ2v) is 3.06. The number of rotatable bonds is 2. The maximum absolute atomic E-state index is 10.4. The average molecular weight is 203 g/mol. The van der Waals surface area contributed by atoms with Gasteiger partial charge in [0.15, 0.2) is 0 Å². The van der Waals surface area contributed by atoms with Gasteiger partial charge in [0, 0.05) is 19.3 Å². The second kappa shape index (κ2) is 3.53. The maximum atomic E-state index is 10.4. The van der Waals surface area contributed by atoms with Crippen LogP contribution in [-0.4, -0.2) is 25.6 Å². The standard InChI is InChI=1S/C10H9N3O2/c1-13-8-6-11-5-4-7(8)12-9(13)2-3-10(14)15/h2-6H,1H3,(H,14,15)/b3-2+. The first kappa shape index (κ1) is 9.39. The van der Waals surface area contributed by atoms with Crippen LogP contribution in [0.4, 0.5) is 0 Å². The Balaban J connectivity index is 2.53. The Kier molecular flexibility index (Phi) is 2.21. The van der Waals surface area contributed by atoms with Crippen molar-refractivity contribution in [2.24, 2.45) is 7.05 Å². The Hall–Kier alpha value is -2.17. The zero-order valence-electron chi connectivity index (χ0n) is 8.08. The Morgan fingerprint density at radius 2 is 2.40 bits per heavy atom. The van der Waals surface area contributed by atoms with Crippen molar-refractivity contribution in [3.8, 4) is 0 Å². The molecule has 2 aromatic rings. The number of hydrogen-bond donors (Lipinski definition) is 1. The zero-order valence-corrected chi connectivity index (χ0v) is 8.08. The zero-order chi connectivity index (χ0) is 10.8. The van der Waals surface area contributed by atoms with Crippen molar-refractivity contribution in [1.82, 2.24) is 14.5 Å². The van der Waals surface area contributed by atoms with E-state index in [1.165, 1.54) is 6.08 Å². The van der Waals surface area contributed by atoms with Crippen molar-refractivity contribution in [3.63, 3.8) is 0 Å². The molecule has 0 spiro atoms. The lowest BCUT2D eigenvalue weighted by Gasteiger charge is -1.94. The van der Waals surface area contributed by atoms with Crippen molar-refractivity contribution < 1.29 is 9.90 Å². The van der Waals surface area contributed by atoms with Crippen LogP contribution in [0.1, 0.15) is 5.82 Å². The van der Waals surface area contributed by atoms with Crippen LogP contribution < -0.4 is 0 Å². The number of carboxylic acid groups (broad SMARTS) is 1. The molecule has 0 unspecified atom stereocenters. The van der Waals surface area contributed by atoms with Crippen molar-refractivity contribution in [2.45, 2.75) is 0 Å². The van der Waals surface area contributed by atoms with E-state index < -0.39 is 5.97 Å². The summed E-state index contributed by atoms with van der Waals surface area (Å²) in [7, 11) is 1.82. The molecule has 0 atom stereocenters. The molecule has 0 saturated carbocycles. The van der Waals surface area contributed by atoms with Gasteiger partial charge in [-0.1, -0.05) is 0 Å². The summed E-state index contributed by atoms with van der Waals surface area (Å²) in [4.78, 5) is 18.6. The van der Waals surface area contributed by atoms with Gasteiger partial charge in [0.05, 0.1) is 17.2 Å². The Morgan fingerprint density at radius 1 is 1.60 bits per heavy atom. The summed E-state index contributed by atoms with van der Waals surface area (Å²) in [6.45, 7) is 0. The van der Waals surface area contributed by atoms with Gasteiger partial charge in [-0.05, 0) is 12.1 Å². The minimum atomic E-state index is -0.986. The van der Waals surface area contributed by atoms with E-state index >= 15 is 0 Å². The molecule has 2 rings (SSSR count). The van der Waals surface area contributed by atoms with Gasteiger partial charge in [0.2, 0.25) is 0 Å². The van der Waals surface area contributed by atoms with Crippen molar-refractivity contribution in [3.05, 3.63) is 30.4 Å². The number of fused-ring (bicyclic) bond motifs is 1. The lowest BCUT2D eigenvalue weighted by Crippen LogP contribution is -1.93. The number of carbonyl (C=O) groups is 1. The molecule has 0 saturated heterocycles. The normalized spacial score (nSPS) is 11.3. The van der Waals surface area contributed by atoms with Crippen LogP contribution >= 0.6 is 0 Å². The minimum Gasteiger partial charge on any atom is -0.478 e. The van der Waals surface area contributed by atoms with E-state index in [1.807, 2.05) is 7.05 Å². The fourth-order valence-electron chi connectivity index (χ4n) is 1.35. The van der Waals surface area contributed by atoms with Crippen molar-refractivity contribution in [1.29, 1.82) is 0 Å². The van der Waals surface area contributed by atoms with Crippen molar-refractivity contribution in [2.75, 3.05) is 0 Å². The fourth-order valence-corrected chi connectivity index (χ4v) is 1.35. The molecule has 0 aliphatic rings. The molecule has 1 N–H and O–H groups in total. The molecule has 2 aromatic heterocycles. The summed E-state index contributed by atoms with van der Waals surface area (Å²) in [5.74, 6) is -0.388. The van der Waals surface area contributed by atoms with Crippen LogP contribution in [0.5, 0.6) is 0 Å². The third-order valence-corrected chi connectivity index (χ3v) is 2.09. The van der Waals surface area contributed by atoms with Crippen LogP contribution in [0.2, 0.25) is 0 Å². The molecule has 15 heavy (non-hydrogen) atoms. The molecule has 0 amide bonds. The van der Waals surface area contributed by atoms with E-state index in [0.717, 1.165) is 17.1 Å². The SMILES string of the molecule is Cn1c(/C=C/C(=O)O)nc2ccncc21. The Bertz CT molecular complexity index is 543. The highest BCUT2D eigenvalue weighted by Crippen LogP contribution is 2.13. The van der Waals surface area contributed by atoms with Gasteiger partial charge in [-0.3, -0.25) is 4.98 Å². The molecule has 76 valence electrons. The molecule has 5 nitrogen and oxygen atoms in total. The quantitative estimate of drug-likeness (QED) is 0.741. The second-order valence-electron chi connectivity index (χ2n) is 3.06. The number of aliphatic carboxylic acids is 1. The monoisotopic (exact) mass is 203 g/mol. The third kappa shape index (κ3) is 1.71. The minimum absolute atomic E-state index is 0.598. The number of nitrogens with zero attached hydrogens (tertiary/aromatic N) is 3. The molecule has 0 aliphatic heterocycles. The smallest absolute Gasteiger partial charge is 0.328 e. The van der Waals surface area contributed by atoms with Crippen LogP contribution in [0.15, 0.2) is 24.5 Å². The van der Waals surface area contributed by atoms with Crippen LogP contribution in [0, 0.1) is 0 Å². The van der Waals surface area contributed by atoms with Gasteiger partial charge in [-0.15, -0.1) is 0 Å². The average Bonchev–Trinajstić information content (AvgIpc) is 2.54. The summed E-state index contributed by atoms with van der Waals surface area (Å²) in [5.41, 5.74) is 1.68. The topological polar surface area (TPSA) is 68.0 Å². The number of pyridine rings is 1. The van der Waals surface area contributed by atoms with E-state index in [9.17, 15) is 4.79 Å². The number of hydrogen-bond acceptors (Lipinski definition) is 3. The van der Waals surface area contributed by atoms with Crippen LogP contribution in [0.3, 0.4) is 0 Å². The highest BCUT2D eigenvalue weighted by atomic mass is 16.4. The first-order valence-electron chi connectivity index (χ1n) is 4.36. The molecule has 5 heteroatoms. The molecule has 0 aromatic carbocycles. The highest BCUT2D eigenvalue weighted by Gasteiger charge is 2.04. The first-order chi connectivity index (χ1) is 7.18. The predicted octanol–water partition coefficient (Wildman–Crippen LogP) is 1.07. The number of carboxylic acids is 1. The van der Waals surface area contributed by atoms with E-state index in [0.29, 0.717) is 5.82 Å². The third-order valence-electron chi connectivity index (χ3n) is 2.09. The van der Waals surface area contributed by atoms with Gasteiger partial charge < -0.3 is 9.67 Å². The van der Waals surface area contributed by atoms with Gasteiger partial charge >= 0.3 is 5.97 Å². The largest absolute Gasteiger partial charge is 0.478 e. The van der Waals surface area contributed by atoms with Gasteiger partial charge in [-0.2, -0.15) is 0 Å². The van der Waals surface area contributed by atoms with Crippen LogP contribution in [-0.2, 0) is 11.8 Å². The Morgan fingerprint density at radius 3 is 3.07 bits per heavy atom. The number of aromatic nitrogens is 3. The highest BCUT2D eigenvalue weighted by molar-refractivity contribution is 5.86. The van der Waals surface area contributed by atoms with E-state index in [2.05, 4.69) is 9.97 Å². The van der Waals surface area contributed by atoms with Gasteiger partial charge in [-0.25, -0.2) is 9.78 Å². The fraction of sp³-hybridized carbons (Fsp3) is 0.100. The van der Waals surface area contributed by atoms with E-state index in [1.54, 1.807) is 23.0 Å². The van der Waals surface area contributed by atoms with E-state index in [4.69, 9.17) is 5.11 Å². The molecular formula is C10H9N3O2. The predicted molar refractivity (Wildman–Crippen MR) is 55.2 cm³/mol. The lowest BCUT2D eigenvalue weighted by molar-refractivity contribution is -0.131. The van der Waals surface area contributed by atoms with Crippen molar-refractivity contribution >= 4 is 23.1 Å². The number of aryl methyl sites for hydroxylation is 1. The molecule has 0 radical (unpaired) electrons. The first-order valence-corrected chi connectivity index (χ1v) is 4.36. The number of imidazole rings is 1. The molecular weight excluding hydrogens is 194 g/mol. The summed E-state index contributed by atoms with van der Waals surface area (Å²) in [6.07, 6.45) is 5.87. The summed E-state index contributed by atoms with van der Waals surface area (Å²) in [5, 5.41) is 8.50. The maximum Gasteiger partial charge on any atom is 0.328 e. The van der Waals surface area contributed by atoms with E-state index in [-0.39, 0.29) is 0 Å². The molecule has 0 bridgehead atoms.